The molecule has 1 unspecified atom stereocenters. The van der Waals surface area contributed by atoms with Crippen LogP contribution in [0.15, 0.2) is 54.6 Å². The van der Waals surface area contributed by atoms with Gasteiger partial charge in [-0.05, 0) is 36.2 Å². The summed E-state index contributed by atoms with van der Waals surface area (Å²) in [7, 11) is -3.74. The molecular weight excluding hydrogens is 383 g/mol. The van der Waals surface area contributed by atoms with Gasteiger partial charge in [0.2, 0.25) is 15.9 Å². The van der Waals surface area contributed by atoms with Crippen molar-refractivity contribution in [2.45, 2.75) is 26.0 Å². The maximum Gasteiger partial charge on any atom is 0.243 e. The summed E-state index contributed by atoms with van der Waals surface area (Å²) in [5, 5.41) is 2.71. The van der Waals surface area contributed by atoms with E-state index < -0.39 is 27.8 Å². The van der Waals surface area contributed by atoms with Crippen LogP contribution in [0.2, 0.25) is 0 Å². The quantitative estimate of drug-likeness (QED) is 0.614. The predicted octanol–water partition coefficient (Wildman–Crippen LogP) is 2.70. The van der Waals surface area contributed by atoms with E-state index in [-0.39, 0.29) is 18.7 Å². The number of hydrogen-bond acceptors (Lipinski definition) is 4. The number of amides is 1. The fourth-order valence-electron chi connectivity index (χ4n) is 2.78. The Morgan fingerprint density at radius 2 is 1.79 bits per heavy atom. The minimum atomic E-state index is -3.74. The minimum absolute atomic E-state index is 0.242. The Morgan fingerprint density at radius 1 is 1.14 bits per heavy atom. The molecule has 1 amide bonds. The van der Waals surface area contributed by atoms with Crippen LogP contribution in [0.5, 0.6) is 0 Å². The van der Waals surface area contributed by atoms with Gasteiger partial charge in [-0.1, -0.05) is 37.3 Å². The van der Waals surface area contributed by atoms with Crippen molar-refractivity contribution in [3.63, 3.8) is 0 Å². The van der Waals surface area contributed by atoms with Crippen molar-refractivity contribution in [1.82, 2.24) is 5.32 Å². The minimum Gasteiger partial charge on any atom is -0.375 e. The fourth-order valence-corrected chi connectivity index (χ4v) is 3.99. The largest absolute Gasteiger partial charge is 0.375 e. The summed E-state index contributed by atoms with van der Waals surface area (Å²) in [4.78, 5) is 12.6. The van der Waals surface area contributed by atoms with Gasteiger partial charge in [0.15, 0.2) is 0 Å². The molecule has 0 aromatic heterocycles. The summed E-state index contributed by atoms with van der Waals surface area (Å²) in [5.41, 5.74) is 1.27. The van der Waals surface area contributed by atoms with Crippen molar-refractivity contribution in [2.75, 3.05) is 23.7 Å². The van der Waals surface area contributed by atoms with Crippen molar-refractivity contribution < 1.29 is 22.3 Å². The molecule has 0 saturated heterocycles. The van der Waals surface area contributed by atoms with Crippen molar-refractivity contribution >= 4 is 21.6 Å². The van der Waals surface area contributed by atoms with E-state index in [0.29, 0.717) is 13.2 Å². The van der Waals surface area contributed by atoms with Gasteiger partial charge in [-0.2, -0.15) is 0 Å². The molecule has 2 rings (SSSR count). The van der Waals surface area contributed by atoms with Crippen LogP contribution in [0.1, 0.15) is 18.9 Å². The highest BCUT2D eigenvalue weighted by Gasteiger charge is 2.31. The standard InChI is InChI=1S/C20H25FN2O4S/c1-3-19(23(28(2,25)26)18-11-9-17(21)10-12-18)20(24)22-13-14-27-15-16-7-5-4-6-8-16/h4-12,19H,3,13-15H2,1-2H3,(H,22,24). The van der Waals surface area contributed by atoms with Gasteiger partial charge in [0.05, 0.1) is 25.2 Å². The number of carbonyl (C=O) groups excluding carboxylic acids is 1. The molecule has 0 saturated carbocycles. The Hall–Kier alpha value is -2.45. The first-order valence-electron chi connectivity index (χ1n) is 8.97. The van der Waals surface area contributed by atoms with Gasteiger partial charge in [0.1, 0.15) is 11.9 Å². The van der Waals surface area contributed by atoms with Crippen LogP contribution in [0.4, 0.5) is 10.1 Å². The highest BCUT2D eigenvalue weighted by molar-refractivity contribution is 7.92. The Labute approximate surface area is 165 Å². The first-order chi connectivity index (χ1) is 13.3. The van der Waals surface area contributed by atoms with Crippen LogP contribution in [0, 0.1) is 5.82 Å². The molecule has 0 fully saturated rings. The van der Waals surface area contributed by atoms with Crippen molar-refractivity contribution in [3.8, 4) is 0 Å². The van der Waals surface area contributed by atoms with Crippen molar-refractivity contribution in [2.24, 2.45) is 0 Å². The number of benzene rings is 2. The molecule has 2 aromatic carbocycles. The molecule has 0 radical (unpaired) electrons. The SMILES string of the molecule is CCC(C(=O)NCCOCc1ccccc1)N(c1ccc(F)cc1)S(C)(=O)=O. The predicted molar refractivity (Wildman–Crippen MR) is 107 cm³/mol. The number of carbonyl (C=O) groups is 1. The van der Waals surface area contributed by atoms with Gasteiger partial charge < -0.3 is 10.1 Å². The molecule has 0 aliphatic rings. The summed E-state index contributed by atoms with van der Waals surface area (Å²) in [6.45, 7) is 2.70. The monoisotopic (exact) mass is 408 g/mol. The number of nitrogens with zero attached hydrogens (tertiary/aromatic N) is 1. The van der Waals surface area contributed by atoms with Gasteiger partial charge in [0, 0.05) is 6.54 Å². The van der Waals surface area contributed by atoms with Crippen LogP contribution in [-0.4, -0.2) is 39.8 Å². The van der Waals surface area contributed by atoms with Gasteiger partial charge in [-0.15, -0.1) is 0 Å². The summed E-state index contributed by atoms with van der Waals surface area (Å²) < 4.78 is 44.3. The molecule has 0 bridgehead atoms. The highest BCUT2D eigenvalue weighted by Crippen LogP contribution is 2.22. The molecule has 2 aromatic rings. The van der Waals surface area contributed by atoms with Gasteiger partial charge >= 0.3 is 0 Å². The van der Waals surface area contributed by atoms with E-state index in [2.05, 4.69) is 5.32 Å². The maximum absolute atomic E-state index is 13.2. The lowest BCUT2D eigenvalue weighted by Gasteiger charge is -2.30. The van der Waals surface area contributed by atoms with Gasteiger partial charge in [-0.25, -0.2) is 12.8 Å². The molecule has 1 N–H and O–H groups in total. The first-order valence-corrected chi connectivity index (χ1v) is 10.8. The third-order valence-electron chi connectivity index (χ3n) is 4.07. The molecule has 0 aliphatic carbocycles. The van der Waals surface area contributed by atoms with E-state index in [9.17, 15) is 17.6 Å². The zero-order chi connectivity index (χ0) is 20.6. The second-order valence-electron chi connectivity index (χ2n) is 6.29. The van der Waals surface area contributed by atoms with E-state index in [1.54, 1.807) is 6.92 Å². The number of ether oxygens (including phenoxy) is 1. The Kier molecular flexibility index (Phi) is 7.95. The van der Waals surface area contributed by atoms with E-state index in [0.717, 1.165) is 28.3 Å². The number of nitrogens with one attached hydrogen (secondary N) is 1. The molecule has 0 heterocycles. The summed E-state index contributed by atoms with van der Waals surface area (Å²) >= 11 is 0. The zero-order valence-electron chi connectivity index (χ0n) is 16.0. The number of anilines is 1. The molecule has 0 aliphatic heterocycles. The lowest BCUT2D eigenvalue weighted by atomic mass is 10.2. The summed E-state index contributed by atoms with van der Waals surface area (Å²) in [6, 6.07) is 13.7. The summed E-state index contributed by atoms with van der Waals surface area (Å²) in [5.74, 6) is -0.911. The Balaban J connectivity index is 1.96. The maximum atomic E-state index is 13.2. The molecule has 8 heteroatoms. The second-order valence-corrected chi connectivity index (χ2v) is 8.15. The zero-order valence-corrected chi connectivity index (χ0v) is 16.8. The average Bonchev–Trinajstić information content (AvgIpc) is 2.66. The van der Waals surface area contributed by atoms with Crippen LogP contribution < -0.4 is 9.62 Å². The van der Waals surface area contributed by atoms with E-state index >= 15 is 0 Å². The number of sulfonamides is 1. The highest BCUT2D eigenvalue weighted by atomic mass is 32.2. The molecular formula is C20H25FN2O4S. The van der Waals surface area contributed by atoms with Crippen molar-refractivity contribution in [3.05, 3.63) is 66.0 Å². The molecule has 0 spiro atoms. The summed E-state index contributed by atoms with van der Waals surface area (Å²) in [6.07, 6.45) is 1.29. The number of rotatable bonds is 10. The van der Waals surface area contributed by atoms with Gasteiger partial charge in [-0.3, -0.25) is 9.10 Å². The van der Waals surface area contributed by atoms with Crippen LogP contribution in [0.25, 0.3) is 0 Å². The van der Waals surface area contributed by atoms with E-state index in [1.807, 2.05) is 30.3 Å². The third-order valence-corrected chi connectivity index (χ3v) is 5.25. The van der Waals surface area contributed by atoms with Crippen molar-refractivity contribution in [1.29, 1.82) is 0 Å². The fraction of sp³-hybridized carbons (Fsp3) is 0.350. The molecule has 152 valence electrons. The Bertz CT molecular complexity index is 858. The lowest BCUT2D eigenvalue weighted by Crippen LogP contribution is -2.49. The van der Waals surface area contributed by atoms with E-state index in [1.165, 1.54) is 12.1 Å². The molecule has 28 heavy (non-hydrogen) atoms. The van der Waals surface area contributed by atoms with Crippen LogP contribution in [0.3, 0.4) is 0 Å². The van der Waals surface area contributed by atoms with Crippen LogP contribution in [-0.2, 0) is 26.2 Å². The molecule has 1 atom stereocenters. The normalized spacial score (nSPS) is 12.4. The molecule has 6 nitrogen and oxygen atoms in total. The number of hydrogen-bond donors (Lipinski definition) is 1. The van der Waals surface area contributed by atoms with Crippen LogP contribution >= 0.6 is 0 Å². The smallest absolute Gasteiger partial charge is 0.243 e. The number of halogens is 1. The topological polar surface area (TPSA) is 75.7 Å². The second kappa shape index (κ2) is 10.2. The van der Waals surface area contributed by atoms with Gasteiger partial charge in [0.25, 0.3) is 0 Å². The lowest BCUT2D eigenvalue weighted by molar-refractivity contribution is -0.122. The first kappa shape index (κ1) is 21.8. The van der Waals surface area contributed by atoms with E-state index in [4.69, 9.17) is 4.74 Å². The third kappa shape index (κ3) is 6.31. The average molecular weight is 408 g/mol. The Morgan fingerprint density at radius 3 is 2.36 bits per heavy atom.